The summed E-state index contributed by atoms with van der Waals surface area (Å²) in [6.45, 7) is 1.52. The lowest BCUT2D eigenvalue weighted by atomic mass is 10.0. The van der Waals surface area contributed by atoms with Crippen molar-refractivity contribution in [2.45, 2.75) is 19.1 Å². The van der Waals surface area contributed by atoms with E-state index >= 15 is 0 Å². The van der Waals surface area contributed by atoms with Gasteiger partial charge in [-0.2, -0.15) is 0 Å². The third kappa shape index (κ3) is 3.92. The van der Waals surface area contributed by atoms with Crippen LogP contribution in [-0.2, 0) is 9.53 Å². The molecule has 0 aliphatic heterocycles. The van der Waals surface area contributed by atoms with Gasteiger partial charge in [0, 0.05) is 5.56 Å². The Hall–Kier alpha value is -1.11. The second kappa shape index (κ2) is 7.47. The van der Waals surface area contributed by atoms with E-state index in [4.69, 9.17) is 17.3 Å². The summed E-state index contributed by atoms with van der Waals surface area (Å²) in [6, 6.07) is 0.504. The Kier molecular flexibility index (Phi) is 7.04. The second-order valence-electron chi connectivity index (χ2n) is 3.48. The first-order valence-electron chi connectivity index (χ1n) is 5.13. The van der Waals surface area contributed by atoms with Crippen LogP contribution in [0.15, 0.2) is 12.1 Å². The van der Waals surface area contributed by atoms with Crippen LogP contribution in [0, 0.1) is 5.82 Å². The fourth-order valence-electron chi connectivity index (χ4n) is 1.35. The number of esters is 1. The number of carbonyl (C=O) groups is 1. The third-order valence-corrected chi connectivity index (χ3v) is 2.65. The van der Waals surface area contributed by atoms with E-state index in [1.807, 2.05) is 0 Å². The van der Waals surface area contributed by atoms with E-state index in [1.54, 1.807) is 0 Å². The minimum Gasteiger partial charge on any atom is -0.506 e. The molecular weight excluding hydrogens is 303 g/mol. The summed E-state index contributed by atoms with van der Waals surface area (Å²) in [4.78, 5) is 11.2. The summed E-state index contributed by atoms with van der Waals surface area (Å²) >= 11 is 5.45. The molecule has 0 saturated carbocycles. The van der Waals surface area contributed by atoms with Crippen LogP contribution in [-0.4, -0.2) is 23.9 Å². The molecule has 1 rings (SSSR count). The maximum atomic E-state index is 13.6. The number of ether oxygens (including phenoxy) is 1. The number of phenols is 1. The van der Waals surface area contributed by atoms with Crippen molar-refractivity contribution in [3.05, 3.63) is 28.5 Å². The van der Waals surface area contributed by atoms with Crippen LogP contribution >= 0.6 is 24.0 Å². The summed E-state index contributed by atoms with van der Waals surface area (Å²) in [5, 5.41) is 8.97. The molecule has 1 unspecified atom stereocenters. The standard InChI is InChI=1S/C11H12ClF2NO3.ClH/c1-2-18-11(17)8(14)9(15)5-3-4-6(13)7(12)10(5)16;/h3-4,8-9,16H,2,15H2,1H3;1H/t8?,9-;/m1./s1. The average Bonchev–Trinajstić information content (AvgIpc) is 2.35. The Bertz CT molecular complexity index is 460. The molecule has 108 valence electrons. The first-order chi connectivity index (χ1) is 8.40. The highest BCUT2D eigenvalue weighted by Crippen LogP contribution is 2.34. The van der Waals surface area contributed by atoms with Gasteiger partial charge in [0.15, 0.2) is 0 Å². The number of nitrogens with two attached hydrogens (primary N) is 1. The minimum atomic E-state index is -2.17. The second-order valence-corrected chi connectivity index (χ2v) is 3.86. The van der Waals surface area contributed by atoms with E-state index in [0.29, 0.717) is 0 Å². The third-order valence-electron chi connectivity index (χ3n) is 2.29. The van der Waals surface area contributed by atoms with Gasteiger partial charge < -0.3 is 15.6 Å². The van der Waals surface area contributed by atoms with Crippen molar-refractivity contribution in [1.82, 2.24) is 0 Å². The SMILES string of the molecule is CCOC(=O)C(F)[C@H](N)c1ccc(F)c(Cl)c1O.Cl. The summed E-state index contributed by atoms with van der Waals surface area (Å²) in [5.74, 6) is -2.70. The van der Waals surface area contributed by atoms with Crippen LogP contribution in [0.25, 0.3) is 0 Å². The molecule has 0 heterocycles. The fraction of sp³-hybridized carbons (Fsp3) is 0.364. The predicted octanol–water partition coefficient (Wildman–Crippen LogP) is 2.51. The molecule has 3 N–H and O–H groups in total. The van der Waals surface area contributed by atoms with E-state index in [1.165, 1.54) is 6.92 Å². The monoisotopic (exact) mass is 315 g/mol. The van der Waals surface area contributed by atoms with E-state index < -0.39 is 34.8 Å². The van der Waals surface area contributed by atoms with Crippen molar-refractivity contribution in [2.75, 3.05) is 6.61 Å². The molecule has 0 aliphatic rings. The van der Waals surface area contributed by atoms with Crippen LogP contribution in [0.1, 0.15) is 18.5 Å². The highest BCUT2D eigenvalue weighted by atomic mass is 35.5. The number of aromatic hydroxyl groups is 1. The Labute approximate surface area is 119 Å². The summed E-state index contributed by atoms with van der Waals surface area (Å²) in [5.41, 5.74) is 5.31. The smallest absolute Gasteiger partial charge is 0.342 e. The molecule has 0 aromatic heterocycles. The molecule has 8 heteroatoms. The van der Waals surface area contributed by atoms with E-state index in [2.05, 4.69) is 4.74 Å². The van der Waals surface area contributed by atoms with Crippen molar-refractivity contribution < 1.29 is 23.4 Å². The molecule has 1 aromatic rings. The Morgan fingerprint density at radius 2 is 2.16 bits per heavy atom. The topological polar surface area (TPSA) is 72.5 Å². The highest BCUT2D eigenvalue weighted by Gasteiger charge is 2.30. The molecule has 0 amide bonds. The van der Waals surface area contributed by atoms with Gasteiger partial charge in [0.1, 0.15) is 16.6 Å². The molecule has 0 spiro atoms. The summed E-state index contributed by atoms with van der Waals surface area (Å²) in [6.07, 6.45) is -2.17. The van der Waals surface area contributed by atoms with E-state index in [0.717, 1.165) is 12.1 Å². The maximum Gasteiger partial charge on any atom is 0.342 e. The van der Waals surface area contributed by atoms with Gasteiger partial charge in [-0.25, -0.2) is 13.6 Å². The van der Waals surface area contributed by atoms with Gasteiger partial charge in [0.05, 0.1) is 12.6 Å². The van der Waals surface area contributed by atoms with Gasteiger partial charge in [-0.1, -0.05) is 17.7 Å². The lowest BCUT2D eigenvalue weighted by molar-refractivity contribution is -0.149. The highest BCUT2D eigenvalue weighted by molar-refractivity contribution is 6.32. The number of alkyl halides is 1. The van der Waals surface area contributed by atoms with Crippen LogP contribution < -0.4 is 5.73 Å². The zero-order chi connectivity index (χ0) is 13.9. The molecule has 0 saturated heterocycles. The number of hydrogen-bond acceptors (Lipinski definition) is 4. The number of benzene rings is 1. The van der Waals surface area contributed by atoms with Crippen molar-refractivity contribution in [2.24, 2.45) is 5.73 Å². The van der Waals surface area contributed by atoms with E-state index in [-0.39, 0.29) is 24.6 Å². The number of rotatable bonds is 4. The lowest BCUT2D eigenvalue weighted by Crippen LogP contribution is -2.31. The van der Waals surface area contributed by atoms with Crippen LogP contribution in [0.3, 0.4) is 0 Å². The van der Waals surface area contributed by atoms with Crippen molar-refractivity contribution in [3.63, 3.8) is 0 Å². The number of carbonyl (C=O) groups excluding carboxylic acids is 1. The number of halogens is 4. The molecule has 0 radical (unpaired) electrons. The average molecular weight is 316 g/mol. The predicted molar refractivity (Wildman–Crippen MR) is 68.8 cm³/mol. The Morgan fingerprint density at radius 1 is 1.58 bits per heavy atom. The van der Waals surface area contributed by atoms with Gasteiger partial charge >= 0.3 is 5.97 Å². The largest absolute Gasteiger partial charge is 0.506 e. The fourth-order valence-corrected chi connectivity index (χ4v) is 1.52. The molecule has 0 fully saturated rings. The normalized spacial score (nSPS) is 13.3. The van der Waals surface area contributed by atoms with Gasteiger partial charge in [-0.3, -0.25) is 0 Å². The van der Waals surface area contributed by atoms with Crippen molar-refractivity contribution >= 4 is 30.0 Å². The van der Waals surface area contributed by atoms with Crippen LogP contribution in [0.2, 0.25) is 5.02 Å². The quantitative estimate of drug-likeness (QED) is 0.837. The lowest BCUT2D eigenvalue weighted by Gasteiger charge is -2.17. The summed E-state index contributed by atoms with van der Waals surface area (Å²) in [7, 11) is 0. The van der Waals surface area contributed by atoms with E-state index in [9.17, 15) is 18.7 Å². The van der Waals surface area contributed by atoms with Gasteiger partial charge in [0.25, 0.3) is 0 Å². The summed E-state index contributed by atoms with van der Waals surface area (Å²) < 4.78 is 31.1. The first kappa shape index (κ1) is 17.9. The Balaban J connectivity index is 0.00000324. The Morgan fingerprint density at radius 3 is 2.68 bits per heavy atom. The molecule has 4 nitrogen and oxygen atoms in total. The van der Waals surface area contributed by atoms with Crippen LogP contribution in [0.4, 0.5) is 8.78 Å². The molecule has 2 atom stereocenters. The van der Waals surface area contributed by atoms with Gasteiger partial charge in [-0.15, -0.1) is 12.4 Å². The molecule has 0 bridgehead atoms. The van der Waals surface area contributed by atoms with Crippen LogP contribution in [0.5, 0.6) is 5.75 Å². The molecule has 0 aliphatic carbocycles. The maximum absolute atomic E-state index is 13.6. The minimum absolute atomic E-state index is 0. The van der Waals surface area contributed by atoms with Gasteiger partial charge in [0.2, 0.25) is 6.17 Å². The number of hydrogen-bond donors (Lipinski definition) is 2. The van der Waals surface area contributed by atoms with Crippen molar-refractivity contribution in [1.29, 1.82) is 0 Å². The molecule has 1 aromatic carbocycles. The zero-order valence-corrected chi connectivity index (χ0v) is 11.5. The number of phenolic OH excluding ortho intramolecular Hbond substituents is 1. The molecule has 19 heavy (non-hydrogen) atoms. The van der Waals surface area contributed by atoms with Gasteiger partial charge in [-0.05, 0) is 13.0 Å². The molecular formula is C11H13Cl2F2NO3. The zero-order valence-electron chi connectivity index (χ0n) is 9.90. The van der Waals surface area contributed by atoms with Crippen molar-refractivity contribution in [3.8, 4) is 5.75 Å². The first-order valence-corrected chi connectivity index (χ1v) is 5.51.